The Morgan fingerprint density at radius 2 is 2.07 bits per heavy atom. The molecule has 27 heavy (non-hydrogen) atoms. The first-order chi connectivity index (χ1) is 13.1. The summed E-state index contributed by atoms with van der Waals surface area (Å²) in [5, 5.41) is 3.68. The van der Waals surface area contributed by atoms with Gasteiger partial charge in [-0.05, 0) is 49.2 Å². The molecule has 0 aliphatic carbocycles. The quantitative estimate of drug-likeness (QED) is 0.760. The summed E-state index contributed by atoms with van der Waals surface area (Å²) in [4.78, 5) is 26.4. The van der Waals surface area contributed by atoms with Gasteiger partial charge >= 0.3 is 0 Å². The molecule has 138 valence electrons. The maximum atomic E-state index is 12.6. The SMILES string of the molecule is CCN1C(=O)CCc2cc(NC(=O)c3cc4cccc(OC)c4o3)ccc21. The normalized spacial score (nSPS) is 13.6. The number of carbonyl (C=O) groups excluding carboxylic acids is 2. The van der Waals surface area contributed by atoms with Crippen LogP contribution >= 0.6 is 0 Å². The van der Waals surface area contributed by atoms with Gasteiger partial charge in [0.2, 0.25) is 5.91 Å². The van der Waals surface area contributed by atoms with Crippen LogP contribution in [-0.2, 0) is 11.2 Å². The van der Waals surface area contributed by atoms with Crippen molar-refractivity contribution in [2.75, 3.05) is 23.9 Å². The summed E-state index contributed by atoms with van der Waals surface area (Å²) in [5.41, 5.74) is 3.20. The number of carbonyl (C=O) groups is 2. The minimum absolute atomic E-state index is 0.137. The Labute approximate surface area is 156 Å². The predicted molar refractivity (Wildman–Crippen MR) is 104 cm³/mol. The summed E-state index contributed by atoms with van der Waals surface area (Å²) in [5.74, 6) is 0.618. The molecule has 4 rings (SSSR count). The van der Waals surface area contributed by atoms with Crippen molar-refractivity contribution in [3.63, 3.8) is 0 Å². The molecule has 0 atom stereocenters. The molecular weight excluding hydrogens is 344 g/mol. The second-order valence-electron chi connectivity index (χ2n) is 6.42. The van der Waals surface area contributed by atoms with Gasteiger partial charge in [0.15, 0.2) is 17.1 Å². The third-order valence-corrected chi connectivity index (χ3v) is 4.81. The van der Waals surface area contributed by atoms with Crippen LogP contribution in [0.5, 0.6) is 5.75 Å². The van der Waals surface area contributed by atoms with Crippen LogP contribution in [0.25, 0.3) is 11.0 Å². The number of fused-ring (bicyclic) bond motifs is 2. The topological polar surface area (TPSA) is 71.8 Å². The molecular formula is C21H20N2O4. The molecule has 6 heteroatoms. The molecule has 0 spiro atoms. The van der Waals surface area contributed by atoms with Crippen molar-refractivity contribution in [2.45, 2.75) is 19.8 Å². The second-order valence-corrected chi connectivity index (χ2v) is 6.42. The van der Waals surface area contributed by atoms with Crippen LogP contribution in [0.4, 0.5) is 11.4 Å². The molecule has 3 aromatic rings. The van der Waals surface area contributed by atoms with Crippen LogP contribution in [0.3, 0.4) is 0 Å². The Morgan fingerprint density at radius 1 is 1.22 bits per heavy atom. The lowest BCUT2D eigenvalue weighted by Gasteiger charge is -2.28. The van der Waals surface area contributed by atoms with E-state index in [0.717, 1.165) is 16.6 Å². The highest BCUT2D eigenvalue weighted by molar-refractivity contribution is 6.05. The Bertz CT molecular complexity index is 1040. The van der Waals surface area contributed by atoms with Crippen LogP contribution in [-0.4, -0.2) is 25.5 Å². The van der Waals surface area contributed by atoms with Crippen molar-refractivity contribution in [3.8, 4) is 5.75 Å². The van der Waals surface area contributed by atoms with E-state index < -0.39 is 0 Å². The van der Waals surface area contributed by atoms with Gasteiger partial charge in [-0.25, -0.2) is 0 Å². The van der Waals surface area contributed by atoms with E-state index in [-0.39, 0.29) is 17.6 Å². The van der Waals surface area contributed by atoms with Gasteiger partial charge in [-0.15, -0.1) is 0 Å². The number of nitrogens with one attached hydrogen (secondary N) is 1. The molecule has 0 radical (unpaired) electrons. The summed E-state index contributed by atoms with van der Waals surface area (Å²) in [6.45, 7) is 2.59. The number of methoxy groups -OCH3 is 1. The third kappa shape index (κ3) is 3.03. The van der Waals surface area contributed by atoms with E-state index in [2.05, 4.69) is 5.32 Å². The molecule has 6 nitrogen and oxygen atoms in total. The minimum atomic E-state index is -0.326. The Balaban J connectivity index is 1.59. The third-order valence-electron chi connectivity index (χ3n) is 4.81. The zero-order valence-corrected chi connectivity index (χ0v) is 15.2. The predicted octanol–water partition coefficient (Wildman–Crippen LogP) is 3.99. The number of rotatable bonds is 4. The number of para-hydroxylation sites is 1. The number of amides is 2. The van der Waals surface area contributed by atoms with E-state index >= 15 is 0 Å². The van der Waals surface area contributed by atoms with Gasteiger partial charge in [0.1, 0.15) is 0 Å². The smallest absolute Gasteiger partial charge is 0.291 e. The van der Waals surface area contributed by atoms with Crippen LogP contribution in [0.15, 0.2) is 46.9 Å². The summed E-state index contributed by atoms with van der Waals surface area (Å²) >= 11 is 0. The van der Waals surface area contributed by atoms with Gasteiger partial charge in [-0.1, -0.05) is 12.1 Å². The van der Waals surface area contributed by atoms with Crippen molar-refractivity contribution >= 4 is 34.2 Å². The highest BCUT2D eigenvalue weighted by atomic mass is 16.5. The lowest BCUT2D eigenvalue weighted by molar-refractivity contribution is -0.118. The van der Waals surface area contributed by atoms with E-state index in [9.17, 15) is 9.59 Å². The fourth-order valence-corrected chi connectivity index (χ4v) is 3.49. The van der Waals surface area contributed by atoms with Crippen LogP contribution in [0.1, 0.15) is 29.5 Å². The van der Waals surface area contributed by atoms with Gasteiger partial charge in [0.05, 0.1) is 7.11 Å². The number of ether oxygens (including phenoxy) is 1. The zero-order valence-electron chi connectivity index (χ0n) is 15.2. The van der Waals surface area contributed by atoms with Gasteiger partial charge in [-0.2, -0.15) is 0 Å². The van der Waals surface area contributed by atoms with Crippen molar-refractivity contribution in [3.05, 3.63) is 53.8 Å². The van der Waals surface area contributed by atoms with Gasteiger partial charge in [0.25, 0.3) is 5.91 Å². The Morgan fingerprint density at radius 3 is 2.85 bits per heavy atom. The maximum Gasteiger partial charge on any atom is 0.291 e. The summed E-state index contributed by atoms with van der Waals surface area (Å²) in [7, 11) is 1.56. The number of aryl methyl sites for hydroxylation is 1. The molecule has 1 aromatic heterocycles. The highest BCUT2D eigenvalue weighted by Gasteiger charge is 2.23. The van der Waals surface area contributed by atoms with E-state index in [1.54, 1.807) is 30.2 Å². The number of hydrogen-bond donors (Lipinski definition) is 1. The van der Waals surface area contributed by atoms with Crippen LogP contribution < -0.4 is 15.0 Å². The lowest BCUT2D eigenvalue weighted by Crippen LogP contribution is -2.34. The number of nitrogens with zero attached hydrogens (tertiary/aromatic N) is 1. The molecule has 2 aromatic carbocycles. The zero-order chi connectivity index (χ0) is 19.0. The number of anilines is 2. The van der Waals surface area contributed by atoms with Crippen LogP contribution in [0, 0.1) is 0 Å². The second kappa shape index (κ2) is 6.79. The summed E-state index contributed by atoms with van der Waals surface area (Å²) < 4.78 is 11.0. The first-order valence-electron chi connectivity index (χ1n) is 8.92. The van der Waals surface area contributed by atoms with E-state index in [0.29, 0.717) is 36.4 Å². The molecule has 0 unspecified atom stereocenters. The average Bonchev–Trinajstić information content (AvgIpc) is 3.12. The monoisotopic (exact) mass is 364 g/mol. The molecule has 1 N–H and O–H groups in total. The largest absolute Gasteiger partial charge is 0.493 e. The average molecular weight is 364 g/mol. The van der Waals surface area contributed by atoms with Crippen molar-refractivity contribution in [1.82, 2.24) is 0 Å². The highest BCUT2D eigenvalue weighted by Crippen LogP contribution is 2.31. The maximum absolute atomic E-state index is 12.6. The van der Waals surface area contributed by atoms with Crippen molar-refractivity contribution in [2.24, 2.45) is 0 Å². The molecule has 0 fully saturated rings. The van der Waals surface area contributed by atoms with Gasteiger partial charge in [-0.3, -0.25) is 9.59 Å². The first kappa shape index (κ1) is 17.1. The standard InChI is InChI=1S/C21H20N2O4/c1-3-23-16-9-8-15(11-13(16)7-10-19(23)24)22-21(25)18-12-14-5-4-6-17(26-2)20(14)27-18/h4-6,8-9,11-12H,3,7,10H2,1-2H3,(H,22,25). The summed E-state index contributed by atoms with van der Waals surface area (Å²) in [6.07, 6.45) is 1.16. The molecule has 1 aliphatic heterocycles. The van der Waals surface area contributed by atoms with Gasteiger partial charge in [0, 0.05) is 29.7 Å². The number of furan rings is 1. The Kier molecular flexibility index (Phi) is 4.32. The molecule has 2 heterocycles. The van der Waals surface area contributed by atoms with Gasteiger partial charge < -0.3 is 19.4 Å². The minimum Gasteiger partial charge on any atom is -0.493 e. The van der Waals surface area contributed by atoms with E-state index in [1.165, 1.54) is 0 Å². The summed E-state index contributed by atoms with van der Waals surface area (Å²) in [6, 6.07) is 12.8. The van der Waals surface area contributed by atoms with Crippen molar-refractivity contribution < 1.29 is 18.7 Å². The molecule has 0 saturated heterocycles. The molecule has 0 bridgehead atoms. The number of hydrogen-bond acceptors (Lipinski definition) is 4. The van der Waals surface area contributed by atoms with Crippen molar-refractivity contribution in [1.29, 1.82) is 0 Å². The van der Waals surface area contributed by atoms with E-state index in [4.69, 9.17) is 9.15 Å². The molecule has 0 saturated carbocycles. The molecule has 1 aliphatic rings. The molecule has 2 amide bonds. The number of benzene rings is 2. The fourth-order valence-electron chi connectivity index (χ4n) is 3.49. The first-order valence-corrected chi connectivity index (χ1v) is 8.92. The Hall–Kier alpha value is -3.28. The fraction of sp³-hybridized carbons (Fsp3) is 0.238. The van der Waals surface area contributed by atoms with Crippen LogP contribution in [0.2, 0.25) is 0 Å². The van der Waals surface area contributed by atoms with E-state index in [1.807, 2.05) is 31.2 Å². The lowest BCUT2D eigenvalue weighted by atomic mass is 10.0.